The molecule has 0 aromatic heterocycles. The maximum absolute atomic E-state index is 13.6. The molecule has 4 nitrogen and oxygen atoms in total. The zero-order valence-corrected chi connectivity index (χ0v) is 11.5. The minimum Gasteiger partial charge on any atom is -0.379 e. The van der Waals surface area contributed by atoms with Crippen molar-refractivity contribution in [1.82, 2.24) is 4.90 Å². The summed E-state index contributed by atoms with van der Waals surface area (Å²) in [6.45, 7) is 2.39. The van der Waals surface area contributed by atoms with Crippen molar-refractivity contribution in [2.75, 3.05) is 20.3 Å². The highest BCUT2D eigenvalue weighted by Gasteiger charge is 2.45. The van der Waals surface area contributed by atoms with Crippen LogP contribution in [0.2, 0.25) is 0 Å². The smallest absolute Gasteiger partial charge is 0.232 e. The van der Waals surface area contributed by atoms with E-state index in [-0.39, 0.29) is 30.7 Å². The highest BCUT2D eigenvalue weighted by atomic mass is 19.1. The Morgan fingerprint density at radius 2 is 2.25 bits per heavy atom. The SMILES string of the molecule is CN(Cc1ccc(F)cc1F)C(=O)C1(C)COCC1N. The van der Waals surface area contributed by atoms with Gasteiger partial charge in [-0.05, 0) is 13.0 Å². The number of hydrogen-bond acceptors (Lipinski definition) is 3. The van der Waals surface area contributed by atoms with E-state index in [9.17, 15) is 13.6 Å². The Morgan fingerprint density at radius 3 is 2.80 bits per heavy atom. The third kappa shape index (κ3) is 2.66. The normalized spacial score (nSPS) is 25.8. The first-order chi connectivity index (χ1) is 9.34. The first-order valence-electron chi connectivity index (χ1n) is 6.37. The number of nitrogens with zero attached hydrogens (tertiary/aromatic N) is 1. The van der Waals surface area contributed by atoms with Gasteiger partial charge in [-0.1, -0.05) is 6.07 Å². The van der Waals surface area contributed by atoms with Crippen molar-refractivity contribution in [3.63, 3.8) is 0 Å². The number of benzene rings is 1. The number of halogens is 2. The molecule has 1 fully saturated rings. The van der Waals surface area contributed by atoms with Gasteiger partial charge in [0.1, 0.15) is 11.6 Å². The first-order valence-corrected chi connectivity index (χ1v) is 6.37. The monoisotopic (exact) mass is 284 g/mol. The summed E-state index contributed by atoms with van der Waals surface area (Å²) in [6.07, 6.45) is 0. The van der Waals surface area contributed by atoms with Gasteiger partial charge in [-0.2, -0.15) is 0 Å². The third-order valence-electron chi connectivity index (χ3n) is 3.78. The number of ether oxygens (including phenoxy) is 1. The van der Waals surface area contributed by atoms with Gasteiger partial charge in [0.05, 0.1) is 18.6 Å². The summed E-state index contributed by atoms with van der Waals surface area (Å²) in [5.41, 5.74) is 5.36. The highest BCUT2D eigenvalue weighted by Crippen LogP contribution is 2.29. The molecule has 1 heterocycles. The molecule has 110 valence electrons. The van der Waals surface area contributed by atoms with E-state index >= 15 is 0 Å². The van der Waals surface area contributed by atoms with Crippen LogP contribution in [-0.4, -0.2) is 37.1 Å². The van der Waals surface area contributed by atoms with Crippen LogP contribution in [0, 0.1) is 17.0 Å². The van der Waals surface area contributed by atoms with Crippen LogP contribution in [0.5, 0.6) is 0 Å². The molecule has 1 saturated heterocycles. The Labute approximate surface area is 116 Å². The Kier molecular flexibility index (Phi) is 4.06. The summed E-state index contributed by atoms with van der Waals surface area (Å²) in [5, 5.41) is 0. The van der Waals surface area contributed by atoms with Crippen LogP contribution < -0.4 is 5.73 Å². The molecule has 0 bridgehead atoms. The molecule has 20 heavy (non-hydrogen) atoms. The largest absolute Gasteiger partial charge is 0.379 e. The van der Waals surface area contributed by atoms with Gasteiger partial charge in [-0.3, -0.25) is 4.79 Å². The van der Waals surface area contributed by atoms with Crippen LogP contribution >= 0.6 is 0 Å². The molecule has 1 aromatic rings. The van der Waals surface area contributed by atoms with Crippen molar-refractivity contribution >= 4 is 5.91 Å². The van der Waals surface area contributed by atoms with Crippen molar-refractivity contribution in [1.29, 1.82) is 0 Å². The molecular formula is C14H18F2N2O2. The quantitative estimate of drug-likeness (QED) is 0.910. The Morgan fingerprint density at radius 1 is 1.55 bits per heavy atom. The Balaban J connectivity index is 2.11. The Hall–Kier alpha value is -1.53. The van der Waals surface area contributed by atoms with E-state index < -0.39 is 17.0 Å². The maximum atomic E-state index is 13.6. The van der Waals surface area contributed by atoms with Crippen LogP contribution in [0.15, 0.2) is 18.2 Å². The minimum atomic E-state index is -0.800. The lowest BCUT2D eigenvalue weighted by atomic mass is 9.84. The number of carbonyl (C=O) groups is 1. The number of nitrogens with two attached hydrogens (primary N) is 1. The molecule has 0 saturated carbocycles. The van der Waals surface area contributed by atoms with Crippen LogP contribution in [-0.2, 0) is 16.1 Å². The van der Waals surface area contributed by atoms with Gasteiger partial charge >= 0.3 is 0 Å². The molecule has 1 amide bonds. The molecule has 1 aromatic carbocycles. The number of rotatable bonds is 3. The van der Waals surface area contributed by atoms with Crippen molar-refractivity contribution in [3.05, 3.63) is 35.4 Å². The number of hydrogen-bond donors (Lipinski definition) is 1. The molecule has 0 aliphatic carbocycles. The van der Waals surface area contributed by atoms with E-state index in [1.54, 1.807) is 14.0 Å². The summed E-state index contributed by atoms with van der Waals surface area (Å²) in [7, 11) is 1.57. The predicted molar refractivity (Wildman–Crippen MR) is 69.7 cm³/mol. The van der Waals surface area contributed by atoms with Gasteiger partial charge in [-0.25, -0.2) is 8.78 Å². The van der Waals surface area contributed by atoms with Crippen LogP contribution in [0.1, 0.15) is 12.5 Å². The van der Waals surface area contributed by atoms with Crippen molar-refractivity contribution in [3.8, 4) is 0 Å². The zero-order valence-electron chi connectivity index (χ0n) is 11.5. The summed E-state index contributed by atoms with van der Waals surface area (Å²) in [6, 6.07) is 2.93. The van der Waals surface area contributed by atoms with E-state index in [2.05, 4.69) is 0 Å². The summed E-state index contributed by atoms with van der Waals surface area (Å²) in [5.74, 6) is -1.51. The molecule has 2 rings (SSSR count). The van der Waals surface area contributed by atoms with Crippen LogP contribution in [0.25, 0.3) is 0 Å². The van der Waals surface area contributed by atoms with Gasteiger partial charge in [-0.15, -0.1) is 0 Å². The molecule has 2 unspecified atom stereocenters. The van der Waals surface area contributed by atoms with Crippen LogP contribution in [0.3, 0.4) is 0 Å². The summed E-state index contributed by atoms with van der Waals surface area (Å²) >= 11 is 0. The lowest BCUT2D eigenvalue weighted by Crippen LogP contribution is -2.50. The van der Waals surface area contributed by atoms with E-state index in [1.165, 1.54) is 17.0 Å². The molecule has 0 spiro atoms. The third-order valence-corrected chi connectivity index (χ3v) is 3.78. The fourth-order valence-electron chi connectivity index (χ4n) is 2.32. The minimum absolute atomic E-state index is 0.0628. The van der Waals surface area contributed by atoms with Crippen molar-refractivity contribution in [2.45, 2.75) is 19.5 Å². The molecule has 6 heteroatoms. The lowest BCUT2D eigenvalue weighted by Gasteiger charge is -2.31. The highest BCUT2D eigenvalue weighted by molar-refractivity contribution is 5.83. The molecule has 2 atom stereocenters. The Bertz CT molecular complexity index is 524. The van der Waals surface area contributed by atoms with Gasteiger partial charge in [0.25, 0.3) is 0 Å². The number of amides is 1. The van der Waals surface area contributed by atoms with Crippen molar-refractivity contribution in [2.24, 2.45) is 11.1 Å². The van der Waals surface area contributed by atoms with Crippen molar-refractivity contribution < 1.29 is 18.3 Å². The van der Waals surface area contributed by atoms with E-state index in [0.717, 1.165) is 6.07 Å². The second-order valence-electron chi connectivity index (χ2n) is 5.44. The molecular weight excluding hydrogens is 266 g/mol. The summed E-state index contributed by atoms with van der Waals surface area (Å²) in [4.78, 5) is 13.8. The van der Waals surface area contributed by atoms with Gasteiger partial charge in [0.2, 0.25) is 5.91 Å². The topological polar surface area (TPSA) is 55.6 Å². The first kappa shape index (κ1) is 14.9. The number of carbonyl (C=O) groups excluding carboxylic acids is 1. The van der Waals surface area contributed by atoms with E-state index in [4.69, 9.17) is 10.5 Å². The van der Waals surface area contributed by atoms with E-state index in [1.807, 2.05) is 0 Å². The second kappa shape index (κ2) is 5.46. The van der Waals surface area contributed by atoms with Gasteiger partial charge < -0.3 is 15.4 Å². The van der Waals surface area contributed by atoms with Gasteiger partial charge in [0, 0.05) is 31.3 Å². The maximum Gasteiger partial charge on any atom is 0.232 e. The predicted octanol–water partition coefficient (Wildman–Crippen LogP) is 1.29. The standard InChI is InChI=1S/C14H18F2N2O2/c1-14(8-20-7-12(14)17)13(19)18(2)6-9-3-4-10(15)5-11(9)16/h3-5,12H,6-8,17H2,1-2H3. The molecule has 1 aliphatic heterocycles. The fourth-order valence-corrected chi connectivity index (χ4v) is 2.32. The van der Waals surface area contributed by atoms with Crippen LogP contribution in [0.4, 0.5) is 8.78 Å². The second-order valence-corrected chi connectivity index (χ2v) is 5.44. The zero-order chi connectivity index (χ0) is 14.9. The average molecular weight is 284 g/mol. The summed E-state index contributed by atoms with van der Waals surface area (Å²) < 4.78 is 31.7. The van der Waals surface area contributed by atoms with Gasteiger partial charge in [0.15, 0.2) is 0 Å². The average Bonchev–Trinajstić information content (AvgIpc) is 2.73. The van der Waals surface area contributed by atoms with E-state index in [0.29, 0.717) is 6.61 Å². The molecule has 1 aliphatic rings. The molecule has 2 N–H and O–H groups in total. The fraction of sp³-hybridized carbons (Fsp3) is 0.500. The lowest BCUT2D eigenvalue weighted by molar-refractivity contribution is -0.141. The molecule has 0 radical (unpaired) electrons.